The number of aryl methyl sites for hydroxylation is 2. The van der Waals surface area contributed by atoms with Crippen molar-refractivity contribution in [2.24, 2.45) is 0 Å². The van der Waals surface area contributed by atoms with Crippen LogP contribution in [0.2, 0.25) is 0 Å². The van der Waals surface area contributed by atoms with E-state index in [2.05, 4.69) is 10.6 Å². The number of rotatable bonds is 5. The zero-order chi connectivity index (χ0) is 17.7. The lowest BCUT2D eigenvalue weighted by molar-refractivity contribution is -0.184. The van der Waals surface area contributed by atoms with Crippen molar-refractivity contribution in [2.45, 2.75) is 32.5 Å². The van der Waals surface area contributed by atoms with Crippen molar-refractivity contribution in [2.75, 3.05) is 32.7 Å². The molecule has 0 aromatic heterocycles. The number of hydrogen-bond donors (Lipinski definition) is 2. The number of piperazine rings is 1. The Bertz CT molecular complexity index is 575. The van der Waals surface area contributed by atoms with E-state index in [0.29, 0.717) is 26.2 Å². The highest BCUT2D eigenvalue weighted by molar-refractivity contribution is 5.85. The van der Waals surface area contributed by atoms with E-state index in [1.807, 2.05) is 32.0 Å². The maximum atomic E-state index is 13.3. The predicted octanol–water partition coefficient (Wildman–Crippen LogP) is 2.22. The summed E-state index contributed by atoms with van der Waals surface area (Å²) in [6, 6.07) is 4.12. The van der Waals surface area contributed by atoms with Gasteiger partial charge in [0.1, 0.15) is 6.04 Å². The average Bonchev–Trinajstić information content (AvgIpc) is 2.51. The van der Waals surface area contributed by atoms with Crippen molar-refractivity contribution in [3.05, 3.63) is 34.9 Å². The number of carbonyl (C=O) groups excluding carboxylic acids is 1. The molecule has 1 aliphatic rings. The van der Waals surface area contributed by atoms with Gasteiger partial charge in [0.15, 0.2) is 0 Å². The third kappa shape index (κ3) is 6.49. The molecule has 1 heterocycles. The van der Waals surface area contributed by atoms with Gasteiger partial charge in [-0.1, -0.05) is 23.8 Å². The Morgan fingerprint density at radius 2 is 1.92 bits per heavy atom. The monoisotopic (exact) mass is 379 g/mol. The first-order valence-electron chi connectivity index (χ1n) is 8.11. The molecule has 1 aromatic rings. The smallest absolute Gasteiger partial charge is 0.354 e. The van der Waals surface area contributed by atoms with Crippen LogP contribution in [0.15, 0.2) is 18.2 Å². The summed E-state index contributed by atoms with van der Waals surface area (Å²) in [6.45, 7) is 5.12. The largest absolute Gasteiger partial charge is 0.405 e. The zero-order valence-corrected chi connectivity index (χ0v) is 15.3. The molecule has 2 rings (SSSR count). The summed E-state index contributed by atoms with van der Waals surface area (Å²) in [5.74, 6) is -0.381. The van der Waals surface area contributed by atoms with Gasteiger partial charge in [-0.25, -0.2) is 0 Å². The number of hydrogen-bond acceptors (Lipinski definition) is 3. The Hall–Kier alpha value is -1.31. The molecule has 1 unspecified atom stereocenters. The number of carbonyl (C=O) groups is 1. The van der Waals surface area contributed by atoms with Gasteiger partial charge in [0.05, 0.1) is 6.42 Å². The molecule has 0 spiro atoms. The van der Waals surface area contributed by atoms with E-state index >= 15 is 0 Å². The zero-order valence-electron chi connectivity index (χ0n) is 14.4. The summed E-state index contributed by atoms with van der Waals surface area (Å²) >= 11 is 0. The topological polar surface area (TPSA) is 44.4 Å². The number of alkyl halides is 3. The number of benzene rings is 1. The first-order valence-corrected chi connectivity index (χ1v) is 8.11. The molecule has 1 amide bonds. The van der Waals surface area contributed by atoms with E-state index in [4.69, 9.17) is 0 Å². The number of halogens is 4. The van der Waals surface area contributed by atoms with Crippen LogP contribution >= 0.6 is 12.4 Å². The van der Waals surface area contributed by atoms with Crippen molar-refractivity contribution in [3.8, 4) is 0 Å². The van der Waals surface area contributed by atoms with Gasteiger partial charge in [0.2, 0.25) is 5.91 Å². The normalized spacial score (nSPS) is 16.8. The second-order valence-corrected chi connectivity index (χ2v) is 6.25. The lowest BCUT2D eigenvalue weighted by atomic mass is 10.0. The molecule has 2 N–H and O–H groups in total. The van der Waals surface area contributed by atoms with Crippen LogP contribution in [-0.4, -0.2) is 55.7 Å². The molecule has 142 valence electrons. The summed E-state index contributed by atoms with van der Waals surface area (Å²) in [5.41, 5.74) is 2.83. The molecule has 0 saturated carbocycles. The van der Waals surface area contributed by atoms with Gasteiger partial charge in [0, 0.05) is 32.7 Å². The molecular weight excluding hydrogens is 355 g/mol. The maximum Gasteiger partial charge on any atom is 0.405 e. The Morgan fingerprint density at radius 3 is 2.52 bits per heavy atom. The van der Waals surface area contributed by atoms with Crippen molar-refractivity contribution < 1.29 is 18.0 Å². The quantitative estimate of drug-likeness (QED) is 0.824. The van der Waals surface area contributed by atoms with Crippen LogP contribution in [0.25, 0.3) is 0 Å². The van der Waals surface area contributed by atoms with Crippen LogP contribution in [0.1, 0.15) is 16.7 Å². The summed E-state index contributed by atoms with van der Waals surface area (Å²) in [6.07, 6.45) is -4.26. The molecule has 1 saturated heterocycles. The van der Waals surface area contributed by atoms with Gasteiger partial charge in [-0.05, 0) is 25.0 Å². The number of amides is 1. The van der Waals surface area contributed by atoms with Crippen molar-refractivity contribution in [1.82, 2.24) is 15.5 Å². The summed E-state index contributed by atoms with van der Waals surface area (Å²) in [4.78, 5) is 13.5. The Labute approximate surface area is 152 Å². The van der Waals surface area contributed by atoms with Crippen molar-refractivity contribution in [3.63, 3.8) is 0 Å². The maximum absolute atomic E-state index is 13.3. The van der Waals surface area contributed by atoms with Crippen molar-refractivity contribution >= 4 is 18.3 Å². The molecule has 0 radical (unpaired) electrons. The van der Waals surface area contributed by atoms with Crippen LogP contribution in [0, 0.1) is 13.8 Å². The van der Waals surface area contributed by atoms with E-state index in [0.717, 1.165) is 16.7 Å². The van der Waals surface area contributed by atoms with E-state index in [9.17, 15) is 18.0 Å². The van der Waals surface area contributed by atoms with Gasteiger partial charge in [-0.15, -0.1) is 12.4 Å². The number of nitrogens with one attached hydrogen (secondary N) is 2. The Kier molecular flexibility index (Phi) is 8.18. The molecule has 4 nitrogen and oxygen atoms in total. The summed E-state index contributed by atoms with van der Waals surface area (Å²) < 4.78 is 39.9. The van der Waals surface area contributed by atoms with E-state index in [1.165, 1.54) is 4.90 Å². The van der Waals surface area contributed by atoms with E-state index < -0.39 is 18.8 Å². The molecule has 25 heavy (non-hydrogen) atoms. The minimum Gasteiger partial charge on any atom is -0.354 e. The fourth-order valence-electron chi connectivity index (χ4n) is 2.88. The van der Waals surface area contributed by atoms with Gasteiger partial charge in [-0.2, -0.15) is 13.2 Å². The SMILES string of the molecule is Cc1ccc(C)c(CC(=O)NCC(N2CCNCC2)C(F)(F)F)c1.Cl. The molecule has 0 bridgehead atoms. The molecule has 8 heteroatoms. The van der Waals surface area contributed by atoms with Gasteiger partial charge in [-0.3, -0.25) is 9.69 Å². The second kappa shape index (κ2) is 9.40. The van der Waals surface area contributed by atoms with E-state index in [1.54, 1.807) is 0 Å². The van der Waals surface area contributed by atoms with Crippen LogP contribution < -0.4 is 10.6 Å². The molecule has 0 aliphatic carbocycles. The second-order valence-electron chi connectivity index (χ2n) is 6.25. The summed E-state index contributed by atoms with van der Waals surface area (Å²) in [7, 11) is 0. The fourth-order valence-corrected chi connectivity index (χ4v) is 2.88. The lowest BCUT2D eigenvalue weighted by Gasteiger charge is -2.35. The Morgan fingerprint density at radius 1 is 1.28 bits per heavy atom. The third-order valence-electron chi connectivity index (χ3n) is 4.32. The molecule has 1 aliphatic heterocycles. The van der Waals surface area contributed by atoms with Crippen LogP contribution in [-0.2, 0) is 11.2 Å². The number of nitrogens with zero attached hydrogens (tertiary/aromatic N) is 1. The highest BCUT2D eigenvalue weighted by atomic mass is 35.5. The Balaban J connectivity index is 0.00000312. The highest BCUT2D eigenvalue weighted by Gasteiger charge is 2.43. The van der Waals surface area contributed by atoms with Crippen LogP contribution in [0.3, 0.4) is 0 Å². The minimum absolute atomic E-state index is 0. The average molecular weight is 380 g/mol. The fraction of sp³-hybridized carbons (Fsp3) is 0.588. The van der Waals surface area contributed by atoms with E-state index in [-0.39, 0.29) is 24.7 Å². The third-order valence-corrected chi connectivity index (χ3v) is 4.32. The van der Waals surface area contributed by atoms with Gasteiger partial charge < -0.3 is 10.6 Å². The lowest BCUT2D eigenvalue weighted by Crippen LogP contribution is -2.57. The highest BCUT2D eigenvalue weighted by Crippen LogP contribution is 2.24. The standard InChI is InChI=1S/C17H24F3N3O.ClH/c1-12-3-4-13(2)14(9-12)10-16(24)22-11-15(17(18,19)20)23-7-5-21-6-8-23;/h3-4,9,15,21H,5-8,10-11H2,1-2H3,(H,22,24);1H. The summed E-state index contributed by atoms with van der Waals surface area (Å²) in [5, 5.41) is 5.49. The van der Waals surface area contributed by atoms with Crippen molar-refractivity contribution in [1.29, 1.82) is 0 Å². The molecule has 1 atom stereocenters. The van der Waals surface area contributed by atoms with Crippen LogP contribution in [0.4, 0.5) is 13.2 Å². The van der Waals surface area contributed by atoms with Gasteiger partial charge in [0.25, 0.3) is 0 Å². The first-order chi connectivity index (χ1) is 11.3. The van der Waals surface area contributed by atoms with Gasteiger partial charge >= 0.3 is 6.18 Å². The molecular formula is C17H25ClF3N3O. The molecule has 1 fully saturated rings. The minimum atomic E-state index is -4.36. The molecule has 1 aromatic carbocycles. The first kappa shape index (κ1) is 21.7. The van der Waals surface area contributed by atoms with Crippen LogP contribution in [0.5, 0.6) is 0 Å². The predicted molar refractivity (Wildman–Crippen MR) is 94.2 cm³/mol.